The minimum Gasteiger partial charge on any atom is -0.457 e. The summed E-state index contributed by atoms with van der Waals surface area (Å²) in [6, 6.07) is 29.7. The quantitative estimate of drug-likeness (QED) is 0.218. The Hall–Kier alpha value is -4.34. The standard InChI is InChI=1S/C32H32ClN3O5S/c1-3-30(32(38)34-2)35(22-24-14-16-25(33)17-15-24)31(37)23-36(42(39,40)29-12-8-5-9-13-29)26-18-20-28(21-19-26)41-27-10-6-4-7-11-27/h4-21,30H,3,22-23H2,1-2H3,(H,34,38)/t30-/m1/s1. The Bertz CT molecular complexity index is 1580. The van der Waals surface area contributed by atoms with E-state index in [2.05, 4.69) is 5.32 Å². The SMILES string of the molecule is CC[C@H](C(=O)NC)N(Cc1ccc(Cl)cc1)C(=O)CN(c1ccc(Oc2ccccc2)cc1)S(=O)(=O)c1ccccc1. The van der Waals surface area contributed by atoms with Crippen molar-refractivity contribution < 1.29 is 22.7 Å². The first-order chi connectivity index (χ1) is 20.2. The molecule has 218 valence electrons. The Balaban J connectivity index is 1.70. The maximum Gasteiger partial charge on any atom is 0.264 e. The number of para-hydroxylation sites is 1. The van der Waals surface area contributed by atoms with E-state index in [0.29, 0.717) is 22.9 Å². The average molecular weight is 606 g/mol. The van der Waals surface area contributed by atoms with Crippen molar-refractivity contribution >= 4 is 39.1 Å². The summed E-state index contributed by atoms with van der Waals surface area (Å²) >= 11 is 6.05. The molecule has 0 saturated carbocycles. The molecule has 42 heavy (non-hydrogen) atoms. The van der Waals surface area contributed by atoms with Crippen molar-refractivity contribution in [1.29, 1.82) is 0 Å². The summed E-state index contributed by atoms with van der Waals surface area (Å²) in [5.74, 6) is 0.249. The van der Waals surface area contributed by atoms with Gasteiger partial charge in [-0.05, 0) is 72.6 Å². The summed E-state index contributed by atoms with van der Waals surface area (Å²) in [5.41, 5.74) is 1.02. The molecule has 1 atom stereocenters. The van der Waals surface area contributed by atoms with Gasteiger partial charge in [0.15, 0.2) is 0 Å². The van der Waals surface area contributed by atoms with E-state index >= 15 is 0 Å². The van der Waals surface area contributed by atoms with Crippen LogP contribution in [0.25, 0.3) is 0 Å². The second kappa shape index (κ2) is 14.0. The van der Waals surface area contributed by atoms with Crippen molar-refractivity contribution in [1.82, 2.24) is 10.2 Å². The molecule has 1 N–H and O–H groups in total. The topological polar surface area (TPSA) is 96.0 Å². The fraction of sp³-hybridized carbons (Fsp3) is 0.188. The molecular formula is C32H32ClN3O5S. The lowest BCUT2D eigenvalue weighted by atomic mass is 10.1. The Morgan fingerprint density at radius 3 is 1.98 bits per heavy atom. The van der Waals surface area contributed by atoms with Gasteiger partial charge in [-0.3, -0.25) is 13.9 Å². The van der Waals surface area contributed by atoms with Crippen molar-refractivity contribution in [2.75, 3.05) is 17.9 Å². The number of likely N-dealkylation sites (N-methyl/N-ethyl adjacent to an activating group) is 1. The highest BCUT2D eigenvalue weighted by Gasteiger charge is 2.33. The summed E-state index contributed by atoms with van der Waals surface area (Å²) in [4.78, 5) is 28.3. The van der Waals surface area contributed by atoms with Gasteiger partial charge in [-0.2, -0.15) is 0 Å². The van der Waals surface area contributed by atoms with Gasteiger partial charge in [0.25, 0.3) is 10.0 Å². The molecule has 0 unspecified atom stereocenters. The summed E-state index contributed by atoms with van der Waals surface area (Å²) < 4.78 is 34.8. The fourth-order valence-corrected chi connectivity index (χ4v) is 5.99. The number of sulfonamides is 1. The minimum absolute atomic E-state index is 0.0324. The van der Waals surface area contributed by atoms with Gasteiger partial charge < -0.3 is 15.0 Å². The van der Waals surface area contributed by atoms with E-state index in [0.717, 1.165) is 9.87 Å². The van der Waals surface area contributed by atoms with Crippen LogP contribution in [0.1, 0.15) is 18.9 Å². The zero-order valence-electron chi connectivity index (χ0n) is 23.3. The van der Waals surface area contributed by atoms with Crippen LogP contribution < -0.4 is 14.4 Å². The molecular weight excluding hydrogens is 574 g/mol. The highest BCUT2D eigenvalue weighted by atomic mass is 35.5. The number of hydrogen-bond acceptors (Lipinski definition) is 5. The van der Waals surface area contributed by atoms with Crippen molar-refractivity contribution in [3.63, 3.8) is 0 Å². The first-order valence-corrected chi connectivity index (χ1v) is 15.2. The first-order valence-electron chi connectivity index (χ1n) is 13.4. The number of ether oxygens (including phenoxy) is 1. The van der Waals surface area contributed by atoms with E-state index in [1.54, 1.807) is 73.7 Å². The highest BCUT2D eigenvalue weighted by molar-refractivity contribution is 7.92. The Morgan fingerprint density at radius 2 is 1.40 bits per heavy atom. The zero-order valence-corrected chi connectivity index (χ0v) is 24.9. The van der Waals surface area contributed by atoms with Gasteiger partial charge in [0.1, 0.15) is 24.1 Å². The molecule has 0 fully saturated rings. The van der Waals surface area contributed by atoms with Crippen LogP contribution in [0.4, 0.5) is 5.69 Å². The summed E-state index contributed by atoms with van der Waals surface area (Å²) in [6.45, 7) is 1.36. The molecule has 4 aromatic carbocycles. The monoisotopic (exact) mass is 605 g/mol. The number of amides is 2. The van der Waals surface area contributed by atoms with E-state index in [-0.39, 0.29) is 23.0 Å². The van der Waals surface area contributed by atoms with Crippen LogP contribution in [0, 0.1) is 0 Å². The lowest BCUT2D eigenvalue weighted by Crippen LogP contribution is -2.51. The van der Waals surface area contributed by atoms with Gasteiger partial charge in [0.05, 0.1) is 10.6 Å². The number of carbonyl (C=O) groups is 2. The van der Waals surface area contributed by atoms with E-state index in [4.69, 9.17) is 16.3 Å². The average Bonchev–Trinajstić information content (AvgIpc) is 3.01. The molecule has 0 aliphatic heterocycles. The first kappa shape index (κ1) is 30.6. The molecule has 10 heteroatoms. The molecule has 4 aromatic rings. The van der Waals surface area contributed by atoms with Gasteiger partial charge in [0, 0.05) is 18.6 Å². The van der Waals surface area contributed by atoms with Crippen molar-refractivity contribution in [2.45, 2.75) is 30.8 Å². The molecule has 8 nitrogen and oxygen atoms in total. The number of hydrogen-bond donors (Lipinski definition) is 1. The second-order valence-corrected chi connectivity index (χ2v) is 11.7. The molecule has 2 amide bonds. The zero-order chi connectivity index (χ0) is 30.1. The molecule has 0 saturated heterocycles. The third-order valence-electron chi connectivity index (χ3n) is 6.61. The van der Waals surface area contributed by atoms with Crippen LogP contribution in [0.2, 0.25) is 5.02 Å². The molecule has 0 spiro atoms. The number of nitrogens with zero attached hydrogens (tertiary/aromatic N) is 2. The summed E-state index contributed by atoms with van der Waals surface area (Å²) in [6.07, 6.45) is 0.329. The largest absolute Gasteiger partial charge is 0.457 e. The van der Waals surface area contributed by atoms with E-state index in [1.165, 1.54) is 24.1 Å². The third-order valence-corrected chi connectivity index (χ3v) is 8.65. The van der Waals surface area contributed by atoms with Gasteiger partial charge >= 0.3 is 0 Å². The number of nitrogens with one attached hydrogen (secondary N) is 1. The van der Waals surface area contributed by atoms with Crippen molar-refractivity contribution in [3.8, 4) is 11.5 Å². The van der Waals surface area contributed by atoms with Gasteiger partial charge in [0.2, 0.25) is 11.8 Å². The van der Waals surface area contributed by atoms with Crippen LogP contribution in [0.15, 0.2) is 114 Å². The van der Waals surface area contributed by atoms with E-state index in [9.17, 15) is 18.0 Å². The number of carbonyl (C=O) groups excluding carboxylic acids is 2. The van der Waals surface area contributed by atoms with Crippen LogP contribution >= 0.6 is 11.6 Å². The van der Waals surface area contributed by atoms with Crippen molar-refractivity contribution in [2.24, 2.45) is 0 Å². The molecule has 0 aliphatic carbocycles. The van der Waals surface area contributed by atoms with Crippen LogP contribution in [0.5, 0.6) is 11.5 Å². The van der Waals surface area contributed by atoms with Crippen LogP contribution in [0.3, 0.4) is 0 Å². The number of rotatable bonds is 12. The third kappa shape index (κ3) is 7.48. The lowest BCUT2D eigenvalue weighted by Gasteiger charge is -2.33. The maximum absolute atomic E-state index is 14.0. The molecule has 0 heterocycles. The predicted molar refractivity (Wildman–Crippen MR) is 164 cm³/mol. The highest BCUT2D eigenvalue weighted by Crippen LogP contribution is 2.28. The second-order valence-electron chi connectivity index (χ2n) is 9.42. The molecule has 0 radical (unpaired) electrons. The number of anilines is 1. The summed E-state index contributed by atoms with van der Waals surface area (Å²) in [5, 5.41) is 3.15. The Kier molecular flexibility index (Phi) is 10.2. The van der Waals surface area contributed by atoms with Crippen LogP contribution in [-0.4, -0.2) is 44.8 Å². The van der Waals surface area contributed by atoms with Gasteiger partial charge in [-0.15, -0.1) is 0 Å². The van der Waals surface area contributed by atoms with E-state index < -0.39 is 28.5 Å². The Labute approximate surface area is 251 Å². The molecule has 0 aromatic heterocycles. The number of benzene rings is 4. The summed E-state index contributed by atoms with van der Waals surface area (Å²) in [7, 11) is -2.66. The lowest BCUT2D eigenvalue weighted by molar-refractivity contribution is -0.140. The molecule has 0 bridgehead atoms. The Morgan fingerprint density at radius 1 is 0.833 bits per heavy atom. The normalized spacial score (nSPS) is 11.8. The predicted octanol–water partition coefficient (Wildman–Crippen LogP) is 5.88. The number of halogens is 1. The molecule has 0 aliphatic rings. The van der Waals surface area contributed by atoms with Crippen LogP contribution in [-0.2, 0) is 26.2 Å². The fourth-order valence-electron chi connectivity index (χ4n) is 4.43. The molecule has 4 rings (SSSR count). The smallest absolute Gasteiger partial charge is 0.264 e. The van der Waals surface area contributed by atoms with Gasteiger partial charge in [-0.25, -0.2) is 8.42 Å². The minimum atomic E-state index is -4.16. The van der Waals surface area contributed by atoms with E-state index in [1.807, 2.05) is 30.3 Å². The van der Waals surface area contributed by atoms with Crippen molar-refractivity contribution in [3.05, 3.63) is 120 Å². The maximum atomic E-state index is 14.0. The van der Waals surface area contributed by atoms with Gasteiger partial charge in [-0.1, -0.05) is 67.1 Å².